The van der Waals surface area contributed by atoms with E-state index in [1.165, 1.54) is 0 Å². The van der Waals surface area contributed by atoms with Gasteiger partial charge in [0.15, 0.2) is 0 Å². The first-order chi connectivity index (χ1) is 11.3. The molecule has 2 aliphatic rings. The molecule has 2 aliphatic heterocycles. The van der Waals surface area contributed by atoms with E-state index in [2.05, 4.69) is 0 Å². The number of thiocarbonyl (C=S) groups is 1. The molecule has 0 unspecified atom stereocenters. The van der Waals surface area contributed by atoms with E-state index in [-0.39, 0.29) is 21.2 Å². The molecule has 1 aromatic rings. The lowest BCUT2D eigenvalue weighted by atomic mass is 10.1. The smallest absolute Gasteiger partial charge is 0.323 e. The molecule has 24 heavy (non-hydrogen) atoms. The molecule has 2 amide bonds. The van der Waals surface area contributed by atoms with Gasteiger partial charge in [0.2, 0.25) is 0 Å². The molecule has 1 N–H and O–H groups in total. The van der Waals surface area contributed by atoms with Gasteiger partial charge in [-0.1, -0.05) is 42.2 Å². The first-order valence-corrected chi connectivity index (χ1v) is 8.48. The highest BCUT2D eigenvalue weighted by Crippen LogP contribution is 2.45. The van der Waals surface area contributed by atoms with Gasteiger partial charge in [-0.2, -0.15) is 0 Å². The van der Waals surface area contributed by atoms with Crippen LogP contribution in [0.15, 0.2) is 29.2 Å². The predicted molar refractivity (Wildman–Crippen MR) is 95.5 cm³/mol. The van der Waals surface area contributed by atoms with Gasteiger partial charge in [0.25, 0.3) is 11.8 Å². The van der Waals surface area contributed by atoms with Crippen LogP contribution in [0.5, 0.6) is 0 Å². The lowest BCUT2D eigenvalue weighted by molar-refractivity contribution is -0.140. The Hall–Kier alpha value is -2.19. The largest absolute Gasteiger partial charge is 0.480 e. The Kier molecular flexibility index (Phi) is 4.18. The Morgan fingerprint density at radius 3 is 2.54 bits per heavy atom. The number of carbonyl (C=O) groups excluding carboxylic acids is 2. The number of hydrogen-bond donors (Lipinski definition) is 1. The Morgan fingerprint density at radius 1 is 1.25 bits per heavy atom. The third-order valence-electron chi connectivity index (χ3n) is 3.75. The number of carbonyl (C=O) groups is 3. The highest BCUT2D eigenvalue weighted by molar-refractivity contribution is 8.26. The van der Waals surface area contributed by atoms with Crippen LogP contribution in [0.3, 0.4) is 0 Å². The average Bonchev–Trinajstić information content (AvgIpc) is 2.94. The molecule has 0 spiro atoms. The van der Waals surface area contributed by atoms with Crippen LogP contribution in [-0.2, 0) is 14.4 Å². The molecule has 2 heterocycles. The molecule has 1 fully saturated rings. The van der Waals surface area contributed by atoms with E-state index in [4.69, 9.17) is 17.3 Å². The van der Waals surface area contributed by atoms with E-state index < -0.39 is 18.4 Å². The molecule has 8 heteroatoms. The molecule has 0 radical (unpaired) electrons. The quantitative estimate of drug-likeness (QED) is 0.655. The van der Waals surface area contributed by atoms with Gasteiger partial charge in [0, 0.05) is 11.6 Å². The normalized spacial score (nSPS) is 20.4. The molecule has 1 saturated heterocycles. The summed E-state index contributed by atoms with van der Waals surface area (Å²) in [7, 11) is 0. The Balaban J connectivity index is 2.14. The zero-order chi connectivity index (χ0) is 17.6. The molecule has 0 atom stereocenters. The van der Waals surface area contributed by atoms with Crippen molar-refractivity contribution in [3.8, 4) is 0 Å². The van der Waals surface area contributed by atoms with Gasteiger partial charge in [-0.3, -0.25) is 19.3 Å². The summed E-state index contributed by atoms with van der Waals surface area (Å²) >= 11 is 6.09. The molecule has 0 bridgehead atoms. The van der Waals surface area contributed by atoms with Crippen LogP contribution in [0.25, 0.3) is 5.57 Å². The number of aliphatic carboxylic acids is 1. The van der Waals surface area contributed by atoms with Crippen LogP contribution in [0.2, 0.25) is 0 Å². The van der Waals surface area contributed by atoms with Gasteiger partial charge in [0.1, 0.15) is 10.9 Å². The van der Waals surface area contributed by atoms with Gasteiger partial charge in [-0.15, -0.1) is 0 Å². The number of amides is 2. The highest BCUT2D eigenvalue weighted by atomic mass is 32.2. The fourth-order valence-corrected chi connectivity index (χ4v) is 4.12. The van der Waals surface area contributed by atoms with Crippen LogP contribution in [0.1, 0.15) is 19.4 Å². The fraction of sp³-hybridized carbons (Fsp3) is 0.250. The van der Waals surface area contributed by atoms with E-state index in [9.17, 15) is 14.4 Å². The van der Waals surface area contributed by atoms with Crippen molar-refractivity contribution in [2.24, 2.45) is 0 Å². The number of anilines is 1. The van der Waals surface area contributed by atoms with Gasteiger partial charge < -0.3 is 10.0 Å². The second kappa shape index (κ2) is 6.03. The number of fused-ring (bicyclic) bond motifs is 1. The molecule has 6 nitrogen and oxygen atoms in total. The molecular weight excluding hydrogens is 348 g/mol. The van der Waals surface area contributed by atoms with Crippen LogP contribution in [0.4, 0.5) is 5.69 Å². The van der Waals surface area contributed by atoms with Crippen molar-refractivity contribution in [3.63, 3.8) is 0 Å². The van der Waals surface area contributed by atoms with Crippen molar-refractivity contribution in [2.45, 2.75) is 19.9 Å². The average molecular weight is 362 g/mol. The Morgan fingerprint density at radius 2 is 1.92 bits per heavy atom. The zero-order valence-electron chi connectivity index (χ0n) is 13.0. The van der Waals surface area contributed by atoms with E-state index >= 15 is 0 Å². The summed E-state index contributed by atoms with van der Waals surface area (Å²) in [6, 6.07) is 7.18. The van der Waals surface area contributed by atoms with E-state index in [1.807, 2.05) is 26.0 Å². The molecule has 3 rings (SSSR count). The van der Waals surface area contributed by atoms with Gasteiger partial charge in [-0.25, -0.2) is 0 Å². The number of thioether (sulfide) groups is 1. The van der Waals surface area contributed by atoms with E-state index in [0.29, 0.717) is 11.1 Å². The van der Waals surface area contributed by atoms with E-state index in [0.717, 1.165) is 22.3 Å². The second-order valence-electron chi connectivity index (χ2n) is 5.64. The first-order valence-electron chi connectivity index (χ1n) is 7.25. The van der Waals surface area contributed by atoms with Gasteiger partial charge in [-0.05, 0) is 19.9 Å². The number of carboxylic acids is 1. The molecule has 0 aromatic heterocycles. The molecule has 1 aromatic carbocycles. The number of hydrogen-bond acceptors (Lipinski definition) is 5. The summed E-state index contributed by atoms with van der Waals surface area (Å²) < 4.78 is 0.151. The first kappa shape index (κ1) is 16.7. The van der Waals surface area contributed by atoms with Crippen LogP contribution in [-0.4, -0.2) is 44.7 Å². The highest BCUT2D eigenvalue weighted by Gasteiger charge is 2.42. The molecule has 0 aliphatic carbocycles. The van der Waals surface area contributed by atoms with Crippen molar-refractivity contribution < 1.29 is 19.5 Å². The maximum Gasteiger partial charge on any atom is 0.323 e. The lowest BCUT2D eigenvalue weighted by Gasteiger charge is -2.21. The number of para-hydroxylation sites is 1. The maximum atomic E-state index is 12.9. The van der Waals surface area contributed by atoms with Gasteiger partial charge >= 0.3 is 5.97 Å². The summed E-state index contributed by atoms with van der Waals surface area (Å²) in [5, 5.41) is 8.93. The minimum Gasteiger partial charge on any atom is -0.480 e. The molecule has 0 saturated carbocycles. The van der Waals surface area contributed by atoms with Gasteiger partial charge in [0.05, 0.1) is 16.2 Å². The number of benzene rings is 1. The minimum absolute atomic E-state index is 0.0691. The Labute approximate surface area is 148 Å². The minimum atomic E-state index is -1.15. The Bertz CT molecular complexity index is 816. The third-order valence-corrected chi connectivity index (χ3v) is 5.20. The van der Waals surface area contributed by atoms with Crippen molar-refractivity contribution in [1.29, 1.82) is 0 Å². The zero-order valence-corrected chi connectivity index (χ0v) is 14.6. The summed E-state index contributed by atoms with van der Waals surface area (Å²) in [6.07, 6.45) is 0. The van der Waals surface area contributed by atoms with Crippen molar-refractivity contribution in [2.75, 3.05) is 11.4 Å². The summed E-state index contributed by atoms with van der Waals surface area (Å²) in [5.74, 6) is -1.95. The lowest BCUT2D eigenvalue weighted by Crippen LogP contribution is -2.35. The molecular formula is C16H14N2O4S2. The summed E-state index contributed by atoms with van der Waals surface area (Å²) in [5.41, 5.74) is 1.72. The topological polar surface area (TPSA) is 77.9 Å². The van der Waals surface area contributed by atoms with Crippen LogP contribution >= 0.6 is 24.0 Å². The maximum absolute atomic E-state index is 12.9. The fourth-order valence-electron chi connectivity index (χ4n) is 2.79. The van der Waals surface area contributed by atoms with Crippen molar-refractivity contribution in [1.82, 2.24) is 4.90 Å². The second-order valence-corrected chi connectivity index (χ2v) is 7.29. The predicted octanol–water partition coefficient (Wildman–Crippen LogP) is 2.10. The number of carboxylic acid groups (broad SMARTS) is 1. The monoisotopic (exact) mass is 362 g/mol. The number of nitrogens with zero attached hydrogens (tertiary/aromatic N) is 2. The standard InChI is InChI=1S/C16H14N2O4S2/c1-8(2)18-10-6-4-3-5-9(10)12(14(18)21)13-15(22)17(7-11(19)20)16(23)24-13/h3-6,8H,7H2,1-2H3,(H,19,20)/b13-12-. The van der Waals surface area contributed by atoms with E-state index in [1.54, 1.807) is 17.0 Å². The third kappa shape index (κ3) is 2.51. The summed E-state index contributed by atoms with van der Waals surface area (Å²) in [4.78, 5) is 39.3. The van der Waals surface area contributed by atoms with Crippen LogP contribution in [0, 0.1) is 0 Å². The van der Waals surface area contributed by atoms with Crippen molar-refractivity contribution in [3.05, 3.63) is 34.7 Å². The van der Waals surface area contributed by atoms with Crippen molar-refractivity contribution >= 4 is 57.3 Å². The van der Waals surface area contributed by atoms with Crippen LogP contribution < -0.4 is 4.90 Å². The molecule has 124 valence electrons. The summed E-state index contributed by atoms with van der Waals surface area (Å²) in [6.45, 7) is 3.28. The number of rotatable bonds is 3. The SMILES string of the molecule is CC(C)N1C(=O)/C(=C2\SC(=S)N(CC(=O)O)C2=O)c2ccccc21.